The SMILES string of the molecule is CC1CO1.O=C(O)C=CC(=O)O. The molecule has 0 amide bonds. The van der Waals surface area contributed by atoms with Crippen molar-refractivity contribution in [3.63, 3.8) is 0 Å². The molecule has 2 N–H and O–H groups in total. The Labute approximate surface area is 69.3 Å². The number of hydrogen-bond donors (Lipinski definition) is 2. The van der Waals surface area contributed by atoms with Crippen molar-refractivity contribution in [2.45, 2.75) is 13.0 Å². The Morgan fingerprint density at radius 2 is 1.58 bits per heavy atom. The molecule has 1 rings (SSSR count). The second kappa shape index (κ2) is 5.31. The molecule has 5 heteroatoms. The topological polar surface area (TPSA) is 87.1 Å². The number of ether oxygens (including phenoxy) is 1. The van der Waals surface area contributed by atoms with Gasteiger partial charge in [0.05, 0.1) is 12.7 Å². The van der Waals surface area contributed by atoms with E-state index in [2.05, 4.69) is 6.92 Å². The van der Waals surface area contributed by atoms with E-state index >= 15 is 0 Å². The van der Waals surface area contributed by atoms with Gasteiger partial charge in [-0.1, -0.05) is 0 Å². The molecule has 12 heavy (non-hydrogen) atoms. The smallest absolute Gasteiger partial charge is 0.328 e. The molecule has 0 saturated carbocycles. The quantitative estimate of drug-likeness (QED) is 0.458. The molecule has 1 aliphatic heterocycles. The van der Waals surface area contributed by atoms with E-state index in [1.165, 1.54) is 0 Å². The molecule has 0 radical (unpaired) electrons. The Morgan fingerprint density at radius 3 is 1.67 bits per heavy atom. The Balaban J connectivity index is 0.000000247. The van der Waals surface area contributed by atoms with Crippen molar-refractivity contribution >= 4 is 11.9 Å². The lowest BCUT2D eigenvalue weighted by Gasteiger charge is -1.74. The van der Waals surface area contributed by atoms with E-state index in [1.807, 2.05) is 0 Å². The van der Waals surface area contributed by atoms with Gasteiger partial charge in [-0.15, -0.1) is 0 Å². The number of carboxylic acid groups (broad SMARTS) is 2. The molecular weight excluding hydrogens is 164 g/mol. The molecule has 0 spiro atoms. The highest BCUT2D eigenvalue weighted by atomic mass is 16.6. The maximum Gasteiger partial charge on any atom is 0.328 e. The van der Waals surface area contributed by atoms with Crippen LogP contribution in [-0.4, -0.2) is 34.9 Å². The standard InChI is InChI=1S/C4H4O4.C3H6O/c5-3(6)1-2-4(7)8;1-3-2-4-3/h1-2H,(H,5,6)(H,7,8);3H,2H2,1H3. The molecule has 0 aliphatic carbocycles. The fourth-order valence-corrected chi connectivity index (χ4v) is 0.239. The number of hydrogen-bond acceptors (Lipinski definition) is 3. The first-order valence-electron chi connectivity index (χ1n) is 3.28. The second-order valence-electron chi connectivity index (χ2n) is 2.15. The van der Waals surface area contributed by atoms with Crippen molar-refractivity contribution in [3.8, 4) is 0 Å². The minimum absolute atomic E-state index is 0.558. The fourth-order valence-electron chi connectivity index (χ4n) is 0.239. The monoisotopic (exact) mass is 174 g/mol. The Morgan fingerprint density at radius 1 is 1.33 bits per heavy atom. The number of carboxylic acids is 2. The van der Waals surface area contributed by atoms with E-state index < -0.39 is 11.9 Å². The lowest BCUT2D eigenvalue weighted by Crippen LogP contribution is -1.91. The van der Waals surface area contributed by atoms with Gasteiger partial charge in [-0.2, -0.15) is 0 Å². The van der Waals surface area contributed by atoms with Crippen molar-refractivity contribution in [2.75, 3.05) is 6.61 Å². The maximum absolute atomic E-state index is 9.55. The van der Waals surface area contributed by atoms with Crippen LogP contribution < -0.4 is 0 Å². The number of aliphatic carboxylic acids is 2. The summed E-state index contributed by atoms with van der Waals surface area (Å²) in [6.07, 6.45) is 1.70. The average molecular weight is 174 g/mol. The summed E-state index contributed by atoms with van der Waals surface area (Å²) in [6.45, 7) is 3.04. The van der Waals surface area contributed by atoms with Crippen molar-refractivity contribution in [1.82, 2.24) is 0 Å². The fraction of sp³-hybridized carbons (Fsp3) is 0.429. The van der Waals surface area contributed by atoms with Gasteiger partial charge >= 0.3 is 11.9 Å². The molecule has 1 heterocycles. The van der Waals surface area contributed by atoms with Crippen LogP contribution in [0, 0.1) is 0 Å². The number of carbonyl (C=O) groups is 2. The van der Waals surface area contributed by atoms with E-state index in [4.69, 9.17) is 14.9 Å². The van der Waals surface area contributed by atoms with Crippen LogP contribution in [0.5, 0.6) is 0 Å². The first-order chi connectivity index (χ1) is 5.52. The second-order valence-corrected chi connectivity index (χ2v) is 2.15. The minimum atomic E-state index is -1.26. The van der Waals surface area contributed by atoms with Gasteiger partial charge in [0, 0.05) is 12.2 Å². The van der Waals surface area contributed by atoms with Crippen LogP contribution in [0.2, 0.25) is 0 Å². The molecule has 1 fully saturated rings. The van der Waals surface area contributed by atoms with E-state index in [1.54, 1.807) is 0 Å². The number of rotatable bonds is 2. The lowest BCUT2D eigenvalue weighted by molar-refractivity contribution is -0.134. The van der Waals surface area contributed by atoms with Crippen LogP contribution in [0.1, 0.15) is 6.92 Å². The zero-order chi connectivity index (χ0) is 9.56. The summed E-state index contributed by atoms with van der Waals surface area (Å²) in [5, 5.41) is 15.6. The average Bonchev–Trinajstić information content (AvgIpc) is 2.69. The first kappa shape index (κ1) is 10.6. The third-order valence-corrected chi connectivity index (χ3v) is 0.868. The molecular formula is C7H10O5. The van der Waals surface area contributed by atoms with E-state index in [-0.39, 0.29) is 0 Å². The van der Waals surface area contributed by atoms with Gasteiger partial charge in [0.25, 0.3) is 0 Å². The summed E-state index contributed by atoms with van der Waals surface area (Å²) in [7, 11) is 0. The molecule has 68 valence electrons. The molecule has 1 aliphatic rings. The Hall–Kier alpha value is -1.36. The maximum atomic E-state index is 9.55. The van der Waals surface area contributed by atoms with Gasteiger partial charge in [-0.3, -0.25) is 0 Å². The van der Waals surface area contributed by atoms with Crippen LogP contribution in [0.4, 0.5) is 0 Å². The normalized spacial score (nSPS) is 19.6. The highest BCUT2D eigenvalue weighted by Crippen LogP contribution is 2.04. The van der Waals surface area contributed by atoms with Gasteiger partial charge in [0.2, 0.25) is 0 Å². The van der Waals surface area contributed by atoms with E-state index in [0.717, 1.165) is 6.61 Å². The van der Waals surface area contributed by atoms with Crippen LogP contribution in [0.3, 0.4) is 0 Å². The first-order valence-corrected chi connectivity index (χ1v) is 3.28. The summed E-state index contributed by atoms with van der Waals surface area (Å²) in [5.41, 5.74) is 0. The van der Waals surface area contributed by atoms with Gasteiger partial charge in [0.1, 0.15) is 0 Å². The summed E-state index contributed by atoms with van der Waals surface area (Å²) in [6, 6.07) is 0. The van der Waals surface area contributed by atoms with E-state index in [0.29, 0.717) is 18.3 Å². The van der Waals surface area contributed by atoms with Crippen LogP contribution in [-0.2, 0) is 14.3 Å². The van der Waals surface area contributed by atoms with Gasteiger partial charge in [0.15, 0.2) is 0 Å². The number of epoxide rings is 1. The van der Waals surface area contributed by atoms with Gasteiger partial charge in [-0.25, -0.2) is 9.59 Å². The predicted octanol–water partition coefficient (Wildman–Crippen LogP) is 0.117. The zero-order valence-electron chi connectivity index (χ0n) is 6.56. The van der Waals surface area contributed by atoms with Crippen molar-refractivity contribution < 1.29 is 24.5 Å². The molecule has 1 atom stereocenters. The van der Waals surface area contributed by atoms with Gasteiger partial charge in [-0.05, 0) is 6.92 Å². The predicted molar refractivity (Wildman–Crippen MR) is 39.8 cm³/mol. The molecule has 0 aromatic carbocycles. The van der Waals surface area contributed by atoms with Gasteiger partial charge < -0.3 is 14.9 Å². The molecule has 0 bridgehead atoms. The van der Waals surface area contributed by atoms with Crippen molar-refractivity contribution in [2.24, 2.45) is 0 Å². The molecule has 0 aromatic rings. The lowest BCUT2D eigenvalue weighted by atomic mass is 10.5. The molecule has 1 unspecified atom stereocenters. The highest BCUT2D eigenvalue weighted by Gasteiger charge is 2.13. The summed E-state index contributed by atoms with van der Waals surface area (Å²) in [4.78, 5) is 19.1. The Kier molecular flexibility index (Phi) is 4.71. The molecule has 0 aromatic heterocycles. The summed E-state index contributed by atoms with van der Waals surface area (Å²) in [5.74, 6) is -2.51. The summed E-state index contributed by atoms with van der Waals surface area (Å²) >= 11 is 0. The largest absolute Gasteiger partial charge is 0.478 e. The molecule has 5 nitrogen and oxygen atoms in total. The summed E-state index contributed by atoms with van der Waals surface area (Å²) < 4.78 is 4.71. The third-order valence-electron chi connectivity index (χ3n) is 0.868. The van der Waals surface area contributed by atoms with Crippen LogP contribution >= 0.6 is 0 Å². The minimum Gasteiger partial charge on any atom is -0.478 e. The van der Waals surface area contributed by atoms with Crippen molar-refractivity contribution in [3.05, 3.63) is 12.2 Å². The Bertz CT molecular complexity index is 176. The highest BCUT2D eigenvalue weighted by molar-refractivity contribution is 5.89. The van der Waals surface area contributed by atoms with E-state index in [9.17, 15) is 9.59 Å². The third kappa shape index (κ3) is 11.4. The van der Waals surface area contributed by atoms with Crippen LogP contribution in [0.25, 0.3) is 0 Å². The van der Waals surface area contributed by atoms with Crippen molar-refractivity contribution in [1.29, 1.82) is 0 Å². The molecule has 1 saturated heterocycles. The van der Waals surface area contributed by atoms with Crippen LogP contribution in [0.15, 0.2) is 12.2 Å². The zero-order valence-corrected chi connectivity index (χ0v) is 6.56.